The fourth-order valence-electron chi connectivity index (χ4n) is 0.864. The number of ether oxygens (including phenoxy) is 1. The van der Waals surface area contributed by atoms with E-state index in [1.54, 1.807) is 6.92 Å². The maximum Gasteiger partial charge on any atom is 0.119 e. The lowest BCUT2D eigenvalue weighted by molar-refractivity contribution is 0.155. The highest BCUT2D eigenvalue weighted by molar-refractivity contribution is 5.20. The van der Waals surface area contributed by atoms with Crippen LogP contribution in [0.4, 0.5) is 0 Å². The van der Waals surface area contributed by atoms with Crippen LogP contribution < -0.4 is 4.74 Å². The van der Waals surface area contributed by atoms with E-state index in [-0.39, 0.29) is 6.10 Å². The molecule has 2 nitrogen and oxygen atoms in total. The summed E-state index contributed by atoms with van der Waals surface area (Å²) in [5.41, 5.74) is 0. The number of aliphatic hydroxyl groups excluding tert-OH is 1. The molecule has 1 unspecified atom stereocenters. The Balaban J connectivity index is 2.25. The average molecular weight is 166 g/mol. The predicted molar refractivity (Wildman–Crippen MR) is 48.2 cm³/mol. The topological polar surface area (TPSA) is 29.5 Å². The molecule has 0 amide bonds. The van der Waals surface area contributed by atoms with Gasteiger partial charge in [-0.2, -0.15) is 0 Å². The third kappa shape index (κ3) is 3.39. The van der Waals surface area contributed by atoms with Gasteiger partial charge in [0.1, 0.15) is 5.75 Å². The lowest BCUT2D eigenvalue weighted by Crippen LogP contribution is -2.07. The van der Waals surface area contributed by atoms with Crippen LogP contribution in [-0.4, -0.2) is 17.8 Å². The minimum Gasteiger partial charge on any atom is -0.493 e. The first-order chi connectivity index (χ1) is 5.79. The summed E-state index contributed by atoms with van der Waals surface area (Å²) in [5.74, 6) is 0.859. The lowest BCUT2D eigenvalue weighted by atomic mass is 10.3. The van der Waals surface area contributed by atoms with Crippen molar-refractivity contribution in [3.05, 3.63) is 30.3 Å². The second-order valence-corrected chi connectivity index (χ2v) is 2.80. The molecular weight excluding hydrogens is 152 g/mol. The molecule has 0 radical (unpaired) electrons. The summed E-state index contributed by atoms with van der Waals surface area (Å²) < 4.78 is 5.36. The Bertz CT molecular complexity index is 206. The highest BCUT2D eigenvalue weighted by Crippen LogP contribution is 2.08. The van der Waals surface area contributed by atoms with Crippen LogP contribution in [0.3, 0.4) is 0 Å². The highest BCUT2D eigenvalue weighted by atomic mass is 16.5. The maximum atomic E-state index is 8.95. The van der Waals surface area contributed by atoms with E-state index in [0.29, 0.717) is 13.0 Å². The largest absolute Gasteiger partial charge is 0.493 e. The Kier molecular flexibility index (Phi) is 3.61. The molecule has 0 aliphatic rings. The van der Waals surface area contributed by atoms with Crippen molar-refractivity contribution in [2.45, 2.75) is 19.4 Å². The van der Waals surface area contributed by atoms with Gasteiger partial charge in [-0.1, -0.05) is 18.2 Å². The molecule has 1 aromatic rings. The van der Waals surface area contributed by atoms with E-state index in [4.69, 9.17) is 9.84 Å². The van der Waals surface area contributed by atoms with Crippen molar-refractivity contribution in [2.75, 3.05) is 6.61 Å². The van der Waals surface area contributed by atoms with Crippen molar-refractivity contribution in [1.82, 2.24) is 0 Å². The van der Waals surface area contributed by atoms with Crippen LogP contribution in [0.15, 0.2) is 30.3 Å². The fourth-order valence-corrected chi connectivity index (χ4v) is 0.864. The van der Waals surface area contributed by atoms with E-state index >= 15 is 0 Å². The highest BCUT2D eigenvalue weighted by Gasteiger charge is 1.95. The number of benzene rings is 1. The van der Waals surface area contributed by atoms with Crippen LogP contribution in [-0.2, 0) is 0 Å². The summed E-state index contributed by atoms with van der Waals surface area (Å²) in [6, 6.07) is 9.61. The normalized spacial score (nSPS) is 12.5. The molecule has 12 heavy (non-hydrogen) atoms. The average Bonchev–Trinajstić information content (AvgIpc) is 2.05. The molecule has 0 bridgehead atoms. The molecule has 0 aromatic heterocycles. The van der Waals surface area contributed by atoms with Crippen molar-refractivity contribution < 1.29 is 9.84 Å². The number of aliphatic hydroxyl groups is 1. The first-order valence-corrected chi connectivity index (χ1v) is 4.15. The van der Waals surface area contributed by atoms with Gasteiger partial charge in [0.2, 0.25) is 0 Å². The zero-order valence-electron chi connectivity index (χ0n) is 7.23. The van der Waals surface area contributed by atoms with Gasteiger partial charge in [-0.05, 0) is 19.1 Å². The molecule has 66 valence electrons. The van der Waals surface area contributed by atoms with E-state index in [0.717, 1.165) is 5.75 Å². The van der Waals surface area contributed by atoms with Gasteiger partial charge in [-0.15, -0.1) is 0 Å². The zero-order valence-corrected chi connectivity index (χ0v) is 7.23. The molecule has 1 N–H and O–H groups in total. The summed E-state index contributed by atoms with van der Waals surface area (Å²) in [4.78, 5) is 0. The number of hydrogen-bond donors (Lipinski definition) is 1. The summed E-state index contributed by atoms with van der Waals surface area (Å²) in [6.45, 7) is 2.33. The van der Waals surface area contributed by atoms with Crippen LogP contribution in [0, 0.1) is 0 Å². The maximum absolute atomic E-state index is 8.95. The molecule has 2 heteroatoms. The minimum absolute atomic E-state index is 0.284. The first kappa shape index (κ1) is 9.07. The van der Waals surface area contributed by atoms with Crippen LogP contribution in [0.25, 0.3) is 0 Å². The molecule has 0 aliphatic heterocycles. The van der Waals surface area contributed by atoms with Crippen molar-refractivity contribution in [3.63, 3.8) is 0 Å². The Morgan fingerprint density at radius 3 is 2.58 bits per heavy atom. The smallest absolute Gasteiger partial charge is 0.119 e. The Labute approximate surface area is 72.8 Å². The quantitative estimate of drug-likeness (QED) is 0.739. The summed E-state index contributed by atoms with van der Waals surface area (Å²) in [7, 11) is 0. The van der Waals surface area contributed by atoms with Crippen LogP contribution >= 0.6 is 0 Å². The van der Waals surface area contributed by atoms with E-state index < -0.39 is 0 Å². The van der Waals surface area contributed by atoms with Crippen molar-refractivity contribution in [3.8, 4) is 5.75 Å². The molecular formula is C10H14O2. The van der Waals surface area contributed by atoms with Crippen LogP contribution in [0.5, 0.6) is 5.75 Å². The second-order valence-electron chi connectivity index (χ2n) is 2.80. The third-order valence-electron chi connectivity index (χ3n) is 1.55. The van der Waals surface area contributed by atoms with Gasteiger partial charge in [-0.25, -0.2) is 0 Å². The molecule has 1 rings (SSSR count). The molecule has 1 aromatic carbocycles. The van der Waals surface area contributed by atoms with Gasteiger partial charge in [0, 0.05) is 6.42 Å². The standard InChI is InChI=1S/C10H14O2/c1-9(11)7-8-12-10-5-3-2-4-6-10/h2-6,9,11H,7-8H2,1H3. The van der Waals surface area contributed by atoms with Crippen molar-refractivity contribution >= 4 is 0 Å². The van der Waals surface area contributed by atoms with Gasteiger partial charge in [0.05, 0.1) is 12.7 Å². The second kappa shape index (κ2) is 4.78. The molecule has 0 saturated heterocycles. The number of hydrogen-bond acceptors (Lipinski definition) is 2. The molecule has 0 spiro atoms. The lowest BCUT2D eigenvalue weighted by Gasteiger charge is -2.06. The van der Waals surface area contributed by atoms with Gasteiger partial charge in [0.25, 0.3) is 0 Å². The van der Waals surface area contributed by atoms with E-state index in [1.807, 2.05) is 30.3 Å². The van der Waals surface area contributed by atoms with Gasteiger partial charge >= 0.3 is 0 Å². The zero-order chi connectivity index (χ0) is 8.81. The SMILES string of the molecule is CC(O)CCOc1ccccc1. The number of rotatable bonds is 4. The fraction of sp³-hybridized carbons (Fsp3) is 0.400. The van der Waals surface area contributed by atoms with Crippen LogP contribution in [0.2, 0.25) is 0 Å². The van der Waals surface area contributed by atoms with E-state index in [1.165, 1.54) is 0 Å². The van der Waals surface area contributed by atoms with Crippen molar-refractivity contribution in [2.24, 2.45) is 0 Å². The molecule has 0 heterocycles. The number of para-hydroxylation sites is 1. The van der Waals surface area contributed by atoms with E-state index in [9.17, 15) is 0 Å². The van der Waals surface area contributed by atoms with Gasteiger partial charge in [-0.3, -0.25) is 0 Å². The van der Waals surface area contributed by atoms with Crippen LogP contribution in [0.1, 0.15) is 13.3 Å². The minimum atomic E-state index is -0.284. The van der Waals surface area contributed by atoms with E-state index in [2.05, 4.69) is 0 Å². The Morgan fingerprint density at radius 1 is 1.33 bits per heavy atom. The predicted octanol–water partition coefficient (Wildman–Crippen LogP) is 1.84. The summed E-state index contributed by atoms with van der Waals surface area (Å²) in [5, 5.41) is 8.95. The van der Waals surface area contributed by atoms with Crippen molar-refractivity contribution in [1.29, 1.82) is 0 Å². The molecule has 0 aliphatic carbocycles. The van der Waals surface area contributed by atoms with Gasteiger partial charge < -0.3 is 9.84 Å². The summed E-state index contributed by atoms with van der Waals surface area (Å²) in [6.07, 6.45) is 0.392. The molecule has 1 atom stereocenters. The molecule has 0 saturated carbocycles. The Hall–Kier alpha value is -1.02. The summed E-state index contributed by atoms with van der Waals surface area (Å²) >= 11 is 0. The first-order valence-electron chi connectivity index (χ1n) is 4.15. The monoisotopic (exact) mass is 166 g/mol. The Morgan fingerprint density at radius 2 is 2.00 bits per heavy atom. The molecule has 0 fully saturated rings. The van der Waals surface area contributed by atoms with Gasteiger partial charge in [0.15, 0.2) is 0 Å². The third-order valence-corrected chi connectivity index (χ3v) is 1.55.